The van der Waals surface area contributed by atoms with Gasteiger partial charge in [0.2, 0.25) is 0 Å². The van der Waals surface area contributed by atoms with Crippen LogP contribution in [-0.4, -0.2) is 35.6 Å². The fourth-order valence-corrected chi connectivity index (χ4v) is 3.01. The smallest absolute Gasteiger partial charge is 0.255 e. The summed E-state index contributed by atoms with van der Waals surface area (Å²) in [5.41, 5.74) is 5.81. The van der Waals surface area contributed by atoms with Gasteiger partial charge in [-0.15, -0.1) is 0 Å². The highest BCUT2D eigenvalue weighted by Gasteiger charge is 2.11. The zero-order valence-electron chi connectivity index (χ0n) is 19.8. The summed E-state index contributed by atoms with van der Waals surface area (Å²) < 4.78 is 0. The van der Waals surface area contributed by atoms with Gasteiger partial charge < -0.3 is 15.5 Å². The number of hydrogen-bond acceptors (Lipinski definition) is 5. The molecule has 6 heteroatoms. The van der Waals surface area contributed by atoms with E-state index in [9.17, 15) is 4.79 Å². The number of pyridine rings is 1. The van der Waals surface area contributed by atoms with Crippen LogP contribution in [0.4, 0.5) is 5.69 Å². The van der Waals surface area contributed by atoms with Crippen molar-refractivity contribution in [2.75, 3.05) is 19.4 Å². The first-order valence-corrected chi connectivity index (χ1v) is 10.5. The van der Waals surface area contributed by atoms with E-state index >= 15 is 0 Å². The van der Waals surface area contributed by atoms with E-state index in [1.165, 1.54) is 0 Å². The van der Waals surface area contributed by atoms with Gasteiger partial charge in [0.15, 0.2) is 0 Å². The first-order valence-electron chi connectivity index (χ1n) is 10.5. The van der Waals surface area contributed by atoms with E-state index in [0.717, 1.165) is 28.2 Å². The minimum atomic E-state index is -0.165. The number of hydrogen-bond donors (Lipinski definition) is 2. The van der Waals surface area contributed by atoms with Gasteiger partial charge in [-0.25, -0.2) is 0 Å². The molecule has 0 aliphatic heterocycles. The lowest BCUT2D eigenvalue weighted by atomic mass is 10.0. The molecule has 0 bridgehead atoms. The van der Waals surface area contributed by atoms with Crippen LogP contribution in [0, 0.1) is 6.92 Å². The Kier molecular flexibility index (Phi) is 8.95. The number of nitrogens with zero attached hydrogens (tertiary/aromatic N) is 3. The third kappa shape index (κ3) is 7.23. The highest BCUT2D eigenvalue weighted by Crippen LogP contribution is 2.17. The average molecular weight is 436 g/mol. The minimum absolute atomic E-state index is 0. The lowest BCUT2D eigenvalue weighted by Crippen LogP contribution is -2.18. The normalized spacial score (nSPS) is 13.1. The van der Waals surface area contributed by atoms with E-state index in [0.29, 0.717) is 11.3 Å². The summed E-state index contributed by atoms with van der Waals surface area (Å²) >= 11 is 0. The Balaban J connectivity index is 0.00000544. The van der Waals surface area contributed by atoms with Gasteiger partial charge in [-0.3, -0.25) is 14.8 Å². The molecule has 6 nitrogen and oxygen atoms in total. The van der Waals surface area contributed by atoms with E-state index in [2.05, 4.69) is 27.2 Å². The Morgan fingerprint density at radius 3 is 2.69 bits per heavy atom. The van der Waals surface area contributed by atoms with Gasteiger partial charge in [0.1, 0.15) is 0 Å². The van der Waals surface area contributed by atoms with Gasteiger partial charge in [0.25, 0.3) is 5.91 Å². The molecule has 0 spiro atoms. The molecule has 2 aromatic rings. The Bertz CT molecular complexity index is 1060. The summed E-state index contributed by atoms with van der Waals surface area (Å²) in [5, 5.41) is 6.33. The highest BCUT2D eigenvalue weighted by atomic mass is 16.1. The molecule has 0 saturated carbocycles. The molecule has 0 saturated heterocycles. The third-order valence-electron chi connectivity index (χ3n) is 4.78. The fourth-order valence-electron chi connectivity index (χ4n) is 3.01. The zero-order valence-corrected chi connectivity index (χ0v) is 19.8. The summed E-state index contributed by atoms with van der Waals surface area (Å²) in [6.07, 6.45) is 9.06. The van der Waals surface area contributed by atoms with E-state index in [1.807, 2.05) is 83.1 Å². The van der Waals surface area contributed by atoms with Crippen molar-refractivity contribution in [1.29, 1.82) is 0 Å². The number of aromatic nitrogens is 1. The molecule has 2 N–H and O–H groups in total. The summed E-state index contributed by atoms with van der Waals surface area (Å²) in [7, 11) is 3.88. The molecule has 0 fully saturated rings. The molecule has 2 rings (SSSR count). The second-order valence-corrected chi connectivity index (χ2v) is 7.86. The van der Waals surface area contributed by atoms with Crippen molar-refractivity contribution in [3.63, 3.8) is 0 Å². The minimum Gasteiger partial charge on any atom is -0.381 e. The van der Waals surface area contributed by atoms with E-state index in [-0.39, 0.29) is 14.8 Å². The number of anilines is 1. The number of benzene rings is 1. The topological polar surface area (TPSA) is 69.6 Å². The molecule has 0 aliphatic carbocycles. The van der Waals surface area contributed by atoms with Crippen molar-refractivity contribution in [2.24, 2.45) is 4.99 Å². The summed E-state index contributed by atoms with van der Waals surface area (Å²) in [4.78, 5) is 23.3. The van der Waals surface area contributed by atoms with Crippen LogP contribution in [0.25, 0.3) is 0 Å². The molecule has 0 aliphatic rings. The Hall–Kier alpha value is -3.67. The number of carbonyl (C=O) groups excluding carboxylic acids is 1. The lowest BCUT2D eigenvalue weighted by molar-refractivity contribution is 0.102. The molecule has 1 atom stereocenters. The van der Waals surface area contributed by atoms with Gasteiger partial charge in [0, 0.05) is 46.6 Å². The van der Waals surface area contributed by atoms with Crippen molar-refractivity contribution >= 4 is 17.3 Å². The van der Waals surface area contributed by atoms with Crippen molar-refractivity contribution < 1.29 is 7.65 Å². The average Bonchev–Trinajstić information content (AvgIpc) is 2.76. The fraction of sp³-hybridized carbons (Fsp3) is 0.269. The molecule has 0 radical (unpaired) electrons. The van der Waals surface area contributed by atoms with Crippen LogP contribution in [0.15, 0.2) is 84.0 Å². The van der Waals surface area contributed by atoms with Crippen LogP contribution in [0.5, 0.6) is 0 Å². The molecule has 1 aromatic heterocycles. The maximum absolute atomic E-state index is 12.7. The van der Waals surface area contributed by atoms with Crippen molar-refractivity contribution in [2.45, 2.75) is 33.7 Å². The molecule has 172 valence electrons. The Morgan fingerprint density at radius 1 is 1.28 bits per heavy atom. The number of aryl methyl sites for hydroxylation is 1. The quantitative estimate of drug-likeness (QED) is 0.493. The summed E-state index contributed by atoms with van der Waals surface area (Å²) in [5.74, 6) is -0.165. The zero-order chi connectivity index (χ0) is 23.7. The van der Waals surface area contributed by atoms with Crippen LogP contribution in [-0.2, 0) is 0 Å². The standard InChI is InChI=1S/C26H33N5O.2H2/c1-8-10-25(21(5)31(6)7)28-16-19(3)29-20(4)22-11-9-12-23(14-22)26(32)30-24-13-18(2)15-27-17-24;;/h8-17,20,29H,5H2,1-4,6-7H3,(H,30,32);2*1H/b10-8-,19-16+,28-25+;;/t20-;;/m0../s1. The van der Waals surface area contributed by atoms with E-state index in [1.54, 1.807) is 24.7 Å². The Labute approximate surface area is 194 Å². The van der Waals surface area contributed by atoms with Gasteiger partial charge in [-0.1, -0.05) is 24.8 Å². The van der Waals surface area contributed by atoms with Crippen molar-refractivity contribution in [3.8, 4) is 0 Å². The number of allylic oxidation sites excluding steroid dienone is 3. The number of aliphatic imine (C=N–C) groups is 1. The predicted octanol–water partition coefficient (Wildman–Crippen LogP) is 5.74. The predicted molar refractivity (Wildman–Crippen MR) is 138 cm³/mol. The first-order chi connectivity index (χ1) is 15.2. The maximum Gasteiger partial charge on any atom is 0.255 e. The third-order valence-corrected chi connectivity index (χ3v) is 4.78. The van der Waals surface area contributed by atoms with Crippen LogP contribution in [0.1, 0.15) is 51.2 Å². The monoisotopic (exact) mass is 435 g/mol. The number of carbonyl (C=O) groups is 1. The first kappa shape index (κ1) is 24.6. The molecule has 1 heterocycles. The number of rotatable bonds is 9. The van der Waals surface area contributed by atoms with Crippen molar-refractivity contribution in [3.05, 3.63) is 95.7 Å². The lowest BCUT2D eigenvalue weighted by Gasteiger charge is -2.17. The van der Waals surface area contributed by atoms with Gasteiger partial charge >= 0.3 is 0 Å². The molecule has 32 heavy (non-hydrogen) atoms. The summed E-state index contributed by atoms with van der Waals surface area (Å²) in [6, 6.07) is 9.47. The Morgan fingerprint density at radius 2 is 2.03 bits per heavy atom. The van der Waals surface area contributed by atoms with Crippen LogP contribution < -0.4 is 10.6 Å². The van der Waals surface area contributed by atoms with Gasteiger partial charge in [0.05, 0.1) is 23.3 Å². The SMILES string of the molecule is C=C(C(/C=C\C)=N/C=C(\C)N[C@@H](C)c1cccc(C(=O)Nc2cncc(C)c2)c1)N(C)C.[HH].[HH]. The van der Waals surface area contributed by atoms with Crippen LogP contribution in [0.2, 0.25) is 0 Å². The number of nitrogens with one attached hydrogen (secondary N) is 2. The van der Waals surface area contributed by atoms with E-state index in [4.69, 9.17) is 0 Å². The molecule has 0 unspecified atom stereocenters. The van der Waals surface area contributed by atoms with Gasteiger partial charge in [-0.2, -0.15) is 0 Å². The molecule has 1 amide bonds. The maximum atomic E-state index is 12.7. The molecular weight excluding hydrogens is 398 g/mol. The second kappa shape index (κ2) is 11.6. The van der Waals surface area contributed by atoms with Crippen LogP contribution in [0.3, 0.4) is 0 Å². The second-order valence-electron chi connectivity index (χ2n) is 7.86. The highest BCUT2D eigenvalue weighted by molar-refractivity contribution is 6.07. The number of amides is 1. The van der Waals surface area contributed by atoms with Gasteiger partial charge in [-0.05, 0) is 63.1 Å². The summed E-state index contributed by atoms with van der Waals surface area (Å²) in [6.45, 7) is 12.0. The largest absolute Gasteiger partial charge is 0.381 e. The molecule has 1 aromatic carbocycles. The molecular formula is C26H37N5O. The van der Waals surface area contributed by atoms with Crippen molar-refractivity contribution in [1.82, 2.24) is 15.2 Å². The van der Waals surface area contributed by atoms with E-state index < -0.39 is 0 Å². The van der Waals surface area contributed by atoms with Crippen LogP contribution >= 0.6 is 0 Å².